The topological polar surface area (TPSA) is 119 Å². The van der Waals surface area contributed by atoms with Gasteiger partial charge in [-0.3, -0.25) is 0 Å². The molecule has 6 nitrogen and oxygen atoms in total. The van der Waals surface area contributed by atoms with E-state index in [1.54, 1.807) is 6.07 Å². The Balaban J connectivity index is 2.31. The number of nitrogens with two attached hydrogens (primary N) is 2. The fourth-order valence-corrected chi connectivity index (χ4v) is 2.28. The standard InChI is InChI=1S/C13H10FN3O3S/c14-11-5-9(2-1-8(11)7-15)20-10-3-4-13(12(16)6-10)21(17,18)19/h1-6H,16H2,(H2,17,18,19). The Labute approximate surface area is 120 Å². The second-order valence-corrected chi connectivity index (χ2v) is 5.63. The molecule has 0 spiro atoms. The summed E-state index contributed by atoms with van der Waals surface area (Å²) in [5, 5.41) is 13.6. The van der Waals surface area contributed by atoms with Gasteiger partial charge in [0.2, 0.25) is 10.0 Å². The minimum absolute atomic E-state index is 0.0795. The normalized spacial score (nSPS) is 10.9. The molecule has 0 aromatic heterocycles. The van der Waals surface area contributed by atoms with Crippen LogP contribution in [-0.2, 0) is 10.0 Å². The van der Waals surface area contributed by atoms with Crippen LogP contribution in [0.3, 0.4) is 0 Å². The van der Waals surface area contributed by atoms with E-state index >= 15 is 0 Å². The number of hydrogen-bond acceptors (Lipinski definition) is 5. The molecule has 0 saturated heterocycles. The SMILES string of the molecule is N#Cc1ccc(Oc2ccc(S(N)(=O)=O)c(N)c2)cc1F. The molecule has 108 valence electrons. The minimum atomic E-state index is -3.92. The van der Waals surface area contributed by atoms with E-state index in [9.17, 15) is 12.8 Å². The van der Waals surface area contributed by atoms with Gasteiger partial charge in [0.1, 0.15) is 28.3 Å². The number of nitrogen functional groups attached to an aromatic ring is 1. The fourth-order valence-electron chi connectivity index (χ4n) is 1.64. The lowest BCUT2D eigenvalue weighted by atomic mass is 10.2. The number of hydrogen-bond donors (Lipinski definition) is 2. The van der Waals surface area contributed by atoms with Crippen LogP contribution in [0.15, 0.2) is 41.3 Å². The van der Waals surface area contributed by atoms with Crippen molar-refractivity contribution < 1.29 is 17.5 Å². The molecule has 4 N–H and O–H groups in total. The van der Waals surface area contributed by atoms with Crippen LogP contribution < -0.4 is 15.6 Å². The van der Waals surface area contributed by atoms with Crippen LogP contribution in [-0.4, -0.2) is 8.42 Å². The Morgan fingerprint density at radius 2 is 1.76 bits per heavy atom. The average molecular weight is 307 g/mol. The predicted octanol–water partition coefficient (Wildman–Crippen LogP) is 1.72. The Morgan fingerprint density at radius 3 is 2.29 bits per heavy atom. The van der Waals surface area contributed by atoms with Gasteiger partial charge in [-0.05, 0) is 24.3 Å². The zero-order valence-electron chi connectivity index (χ0n) is 10.6. The molecule has 0 amide bonds. The van der Waals surface area contributed by atoms with Crippen LogP contribution >= 0.6 is 0 Å². The lowest BCUT2D eigenvalue weighted by molar-refractivity contribution is 0.476. The summed E-state index contributed by atoms with van der Waals surface area (Å²) in [6, 6.07) is 9.20. The molecule has 0 radical (unpaired) electrons. The van der Waals surface area contributed by atoms with Gasteiger partial charge in [-0.25, -0.2) is 17.9 Å². The van der Waals surface area contributed by atoms with Gasteiger partial charge in [-0.15, -0.1) is 0 Å². The smallest absolute Gasteiger partial charge is 0.240 e. The van der Waals surface area contributed by atoms with Crippen molar-refractivity contribution in [2.24, 2.45) is 5.14 Å². The zero-order valence-corrected chi connectivity index (χ0v) is 11.4. The third-order valence-corrected chi connectivity index (χ3v) is 3.57. The fraction of sp³-hybridized carbons (Fsp3) is 0. The lowest BCUT2D eigenvalue weighted by Gasteiger charge is -2.09. The van der Waals surface area contributed by atoms with Crippen LogP contribution in [0.4, 0.5) is 10.1 Å². The van der Waals surface area contributed by atoms with Gasteiger partial charge in [0, 0.05) is 12.1 Å². The van der Waals surface area contributed by atoms with Crippen LogP contribution in [0.25, 0.3) is 0 Å². The van der Waals surface area contributed by atoms with Gasteiger partial charge in [0.05, 0.1) is 11.3 Å². The number of anilines is 1. The second kappa shape index (κ2) is 5.40. The van der Waals surface area contributed by atoms with Crippen molar-refractivity contribution in [3.05, 3.63) is 47.8 Å². The number of nitrogens with zero attached hydrogens (tertiary/aromatic N) is 1. The first-order valence-electron chi connectivity index (χ1n) is 5.61. The third-order valence-electron chi connectivity index (χ3n) is 2.58. The highest BCUT2D eigenvalue weighted by Gasteiger charge is 2.13. The van der Waals surface area contributed by atoms with Crippen molar-refractivity contribution in [2.45, 2.75) is 4.90 Å². The molecule has 0 saturated carbocycles. The Morgan fingerprint density at radius 1 is 1.14 bits per heavy atom. The zero-order chi connectivity index (χ0) is 15.6. The van der Waals surface area contributed by atoms with E-state index in [1.807, 2.05) is 0 Å². The number of halogens is 1. The summed E-state index contributed by atoms with van der Waals surface area (Å²) < 4.78 is 41.2. The van der Waals surface area contributed by atoms with Crippen LogP contribution in [0, 0.1) is 17.1 Å². The lowest BCUT2D eigenvalue weighted by Crippen LogP contribution is -2.14. The highest BCUT2D eigenvalue weighted by atomic mass is 32.2. The molecule has 21 heavy (non-hydrogen) atoms. The minimum Gasteiger partial charge on any atom is -0.457 e. The monoisotopic (exact) mass is 307 g/mol. The molecule has 0 unspecified atom stereocenters. The first-order valence-corrected chi connectivity index (χ1v) is 7.16. The van der Waals surface area contributed by atoms with E-state index in [1.165, 1.54) is 30.3 Å². The highest BCUT2D eigenvalue weighted by molar-refractivity contribution is 7.89. The number of ether oxygens (including phenoxy) is 1. The van der Waals surface area contributed by atoms with Gasteiger partial charge in [0.25, 0.3) is 0 Å². The first-order chi connectivity index (χ1) is 9.81. The van der Waals surface area contributed by atoms with E-state index in [2.05, 4.69) is 0 Å². The molecule has 0 aliphatic rings. The molecular formula is C13H10FN3O3S. The molecule has 2 aromatic carbocycles. The maximum Gasteiger partial charge on any atom is 0.240 e. The summed E-state index contributed by atoms with van der Waals surface area (Å²) in [7, 11) is -3.92. The van der Waals surface area contributed by atoms with Gasteiger partial charge < -0.3 is 10.5 Å². The van der Waals surface area contributed by atoms with E-state index in [-0.39, 0.29) is 27.6 Å². The van der Waals surface area contributed by atoms with Crippen LogP contribution in [0.2, 0.25) is 0 Å². The van der Waals surface area contributed by atoms with E-state index < -0.39 is 15.8 Å². The van der Waals surface area contributed by atoms with E-state index in [0.717, 1.165) is 6.07 Å². The predicted molar refractivity (Wildman–Crippen MR) is 73.4 cm³/mol. The molecule has 0 fully saturated rings. The number of nitriles is 1. The summed E-state index contributed by atoms with van der Waals surface area (Å²) in [6.07, 6.45) is 0. The summed E-state index contributed by atoms with van der Waals surface area (Å²) in [5.74, 6) is -0.359. The van der Waals surface area contributed by atoms with Crippen molar-refractivity contribution in [3.8, 4) is 17.6 Å². The van der Waals surface area contributed by atoms with Gasteiger partial charge in [-0.2, -0.15) is 5.26 Å². The molecule has 2 rings (SSSR count). The number of benzene rings is 2. The molecule has 0 atom stereocenters. The molecular weight excluding hydrogens is 297 g/mol. The largest absolute Gasteiger partial charge is 0.457 e. The Hall–Kier alpha value is -2.63. The van der Waals surface area contributed by atoms with Crippen LogP contribution in [0.5, 0.6) is 11.5 Å². The van der Waals surface area contributed by atoms with E-state index in [4.69, 9.17) is 20.9 Å². The summed E-state index contributed by atoms with van der Waals surface area (Å²) >= 11 is 0. The first kappa shape index (κ1) is 14.8. The average Bonchev–Trinajstić information content (AvgIpc) is 2.37. The Kier molecular flexibility index (Phi) is 3.80. The number of rotatable bonds is 3. The molecule has 0 aliphatic carbocycles. The maximum absolute atomic E-state index is 13.4. The third kappa shape index (κ3) is 3.28. The van der Waals surface area contributed by atoms with Crippen molar-refractivity contribution in [1.29, 1.82) is 5.26 Å². The van der Waals surface area contributed by atoms with Crippen LogP contribution in [0.1, 0.15) is 5.56 Å². The summed E-state index contributed by atoms with van der Waals surface area (Å²) in [4.78, 5) is -0.221. The van der Waals surface area contributed by atoms with Gasteiger partial charge in [-0.1, -0.05) is 0 Å². The maximum atomic E-state index is 13.4. The number of sulfonamides is 1. The summed E-state index contributed by atoms with van der Waals surface area (Å²) in [6.45, 7) is 0. The second-order valence-electron chi connectivity index (χ2n) is 4.10. The van der Waals surface area contributed by atoms with Crippen molar-refractivity contribution in [3.63, 3.8) is 0 Å². The number of primary sulfonamides is 1. The van der Waals surface area contributed by atoms with Gasteiger partial charge >= 0.3 is 0 Å². The molecule has 0 heterocycles. The summed E-state index contributed by atoms with van der Waals surface area (Å²) in [5.41, 5.74) is 5.40. The van der Waals surface area contributed by atoms with Gasteiger partial charge in [0.15, 0.2) is 0 Å². The van der Waals surface area contributed by atoms with Crippen molar-refractivity contribution in [2.75, 3.05) is 5.73 Å². The van der Waals surface area contributed by atoms with Crippen molar-refractivity contribution >= 4 is 15.7 Å². The Bertz CT molecular complexity index is 844. The molecule has 0 aliphatic heterocycles. The molecule has 2 aromatic rings. The molecule has 8 heteroatoms. The molecule has 0 bridgehead atoms. The van der Waals surface area contributed by atoms with Crippen molar-refractivity contribution in [1.82, 2.24) is 0 Å². The van der Waals surface area contributed by atoms with E-state index in [0.29, 0.717) is 0 Å². The highest BCUT2D eigenvalue weighted by Crippen LogP contribution is 2.28. The quantitative estimate of drug-likeness (QED) is 0.837.